The molecule has 25 heavy (non-hydrogen) atoms. The first-order valence-corrected chi connectivity index (χ1v) is 9.39. The van der Waals surface area contributed by atoms with Gasteiger partial charge in [0.05, 0.1) is 4.90 Å². The highest BCUT2D eigenvalue weighted by Crippen LogP contribution is 2.36. The first-order chi connectivity index (χ1) is 11.8. The third-order valence-electron chi connectivity index (χ3n) is 4.34. The van der Waals surface area contributed by atoms with Crippen molar-refractivity contribution in [2.75, 3.05) is 5.32 Å². The second-order valence-corrected chi connectivity index (χ2v) is 7.71. The first kappa shape index (κ1) is 17.4. The molecule has 1 amide bonds. The SMILES string of the molecule is Cc1cc(C2CCC2)oc(=O)c1C(=O)Nc1ccc(S(N)(=O)=O)cc1. The highest BCUT2D eigenvalue weighted by atomic mass is 32.2. The van der Waals surface area contributed by atoms with Crippen molar-refractivity contribution in [2.45, 2.75) is 37.0 Å². The van der Waals surface area contributed by atoms with E-state index in [1.165, 1.54) is 24.3 Å². The van der Waals surface area contributed by atoms with Gasteiger partial charge in [-0.05, 0) is 55.7 Å². The summed E-state index contributed by atoms with van der Waals surface area (Å²) in [5.41, 5.74) is 0.176. The minimum Gasteiger partial charge on any atom is -0.427 e. The lowest BCUT2D eigenvalue weighted by Gasteiger charge is -2.24. The van der Waals surface area contributed by atoms with Crippen LogP contribution in [-0.2, 0) is 10.0 Å². The van der Waals surface area contributed by atoms with Crippen LogP contribution in [-0.4, -0.2) is 14.3 Å². The molecule has 3 rings (SSSR count). The Labute approximate surface area is 144 Å². The van der Waals surface area contributed by atoms with E-state index < -0.39 is 21.6 Å². The largest absolute Gasteiger partial charge is 0.427 e. The molecule has 0 atom stereocenters. The number of hydrogen-bond acceptors (Lipinski definition) is 5. The molecule has 3 N–H and O–H groups in total. The summed E-state index contributed by atoms with van der Waals surface area (Å²) in [5.74, 6) is 0.284. The van der Waals surface area contributed by atoms with Crippen molar-refractivity contribution in [2.24, 2.45) is 5.14 Å². The van der Waals surface area contributed by atoms with Crippen LogP contribution in [0, 0.1) is 6.92 Å². The van der Waals surface area contributed by atoms with E-state index in [4.69, 9.17) is 9.56 Å². The van der Waals surface area contributed by atoms with Crippen LogP contribution in [0.1, 0.15) is 46.9 Å². The Morgan fingerprint density at radius 2 is 1.88 bits per heavy atom. The quantitative estimate of drug-likeness (QED) is 0.863. The van der Waals surface area contributed by atoms with Gasteiger partial charge in [-0.25, -0.2) is 18.4 Å². The van der Waals surface area contributed by atoms with Crippen molar-refractivity contribution in [1.82, 2.24) is 0 Å². The summed E-state index contributed by atoms with van der Waals surface area (Å²) in [6, 6.07) is 7.10. The van der Waals surface area contributed by atoms with E-state index in [0.29, 0.717) is 17.0 Å². The molecule has 8 heteroatoms. The van der Waals surface area contributed by atoms with Crippen LogP contribution in [0.25, 0.3) is 0 Å². The predicted molar refractivity (Wildman–Crippen MR) is 92.1 cm³/mol. The maximum atomic E-state index is 12.4. The molecule has 2 aromatic rings. The smallest absolute Gasteiger partial charge is 0.349 e. The number of nitrogens with one attached hydrogen (secondary N) is 1. The number of hydrogen-bond donors (Lipinski definition) is 2. The van der Waals surface area contributed by atoms with Gasteiger partial charge in [-0.2, -0.15) is 0 Å². The average Bonchev–Trinajstić information content (AvgIpc) is 2.44. The standard InChI is InChI=1S/C17H18N2O5S/c1-10-9-14(11-3-2-4-11)24-17(21)15(10)16(20)19-12-5-7-13(8-6-12)25(18,22)23/h5-9,11H,2-4H2,1H3,(H,19,20)(H2,18,22,23). The van der Waals surface area contributed by atoms with Crippen molar-refractivity contribution >= 4 is 21.6 Å². The minimum atomic E-state index is -3.80. The van der Waals surface area contributed by atoms with Crippen molar-refractivity contribution in [3.05, 3.63) is 57.6 Å². The molecule has 1 heterocycles. The maximum absolute atomic E-state index is 12.4. The van der Waals surface area contributed by atoms with Crippen molar-refractivity contribution in [3.8, 4) is 0 Å². The van der Waals surface area contributed by atoms with Crippen molar-refractivity contribution in [3.63, 3.8) is 0 Å². The maximum Gasteiger partial charge on any atom is 0.349 e. The Morgan fingerprint density at radius 1 is 1.24 bits per heavy atom. The predicted octanol–water partition coefficient (Wildman–Crippen LogP) is 2.12. The van der Waals surface area contributed by atoms with Crippen LogP contribution >= 0.6 is 0 Å². The van der Waals surface area contributed by atoms with Gasteiger partial charge in [0.1, 0.15) is 11.3 Å². The molecule has 1 aliphatic carbocycles. The van der Waals surface area contributed by atoms with E-state index in [-0.39, 0.29) is 16.4 Å². The zero-order valence-corrected chi connectivity index (χ0v) is 14.4. The Hall–Kier alpha value is -2.45. The van der Waals surface area contributed by atoms with E-state index in [2.05, 4.69) is 5.32 Å². The zero-order valence-electron chi connectivity index (χ0n) is 13.6. The molecule has 1 aliphatic rings. The average molecular weight is 362 g/mol. The van der Waals surface area contributed by atoms with Gasteiger partial charge in [-0.1, -0.05) is 6.42 Å². The molecular formula is C17H18N2O5S. The van der Waals surface area contributed by atoms with E-state index >= 15 is 0 Å². The topological polar surface area (TPSA) is 119 Å². The van der Waals surface area contributed by atoms with E-state index in [1.807, 2.05) is 0 Å². The molecule has 0 bridgehead atoms. The summed E-state index contributed by atoms with van der Waals surface area (Å²) in [5, 5.41) is 7.59. The Bertz CT molecular complexity index is 973. The summed E-state index contributed by atoms with van der Waals surface area (Å²) in [7, 11) is -3.80. The van der Waals surface area contributed by atoms with Gasteiger partial charge in [0.15, 0.2) is 0 Å². The summed E-state index contributed by atoms with van der Waals surface area (Å²) < 4.78 is 27.8. The fraction of sp³-hybridized carbons (Fsp3) is 0.294. The zero-order chi connectivity index (χ0) is 18.2. The van der Waals surface area contributed by atoms with Gasteiger partial charge < -0.3 is 9.73 Å². The first-order valence-electron chi connectivity index (χ1n) is 7.84. The van der Waals surface area contributed by atoms with Gasteiger partial charge in [0, 0.05) is 11.6 Å². The fourth-order valence-corrected chi connectivity index (χ4v) is 3.24. The van der Waals surface area contributed by atoms with Gasteiger partial charge in [0.2, 0.25) is 10.0 Å². The molecule has 132 valence electrons. The molecule has 7 nitrogen and oxygen atoms in total. The van der Waals surface area contributed by atoms with Crippen LogP contribution in [0.4, 0.5) is 5.69 Å². The lowest BCUT2D eigenvalue weighted by atomic mass is 9.83. The molecule has 1 saturated carbocycles. The number of primary sulfonamides is 1. The Morgan fingerprint density at radius 3 is 2.36 bits per heavy atom. The van der Waals surface area contributed by atoms with Crippen molar-refractivity contribution < 1.29 is 17.6 Å². The fourth-order valence-electron chi connectivity index (χ4n) is 2.72. The highest BCUT2D eigenvalue weighted by Gasteiger charge is 2.25. The van der Waals surface area contributed by atoms with Crippen LogP contribution in [0.3, 0.4) is 0 Å². The summed E-state index contributed by atoms with van der Waals surface area (Å²) in [6.45, 7) is 1.69. The number of sulfonamides is 1. The lowest BCUT2D eigenvalue weighted by molar-refractivity contribution is 0.102. The number of benzene rings is 1. The van der Waals surface area contributed by atoms with Gasteiger partial charge in [0.25, 0.3) is 5.91 Å². The summed E-state index contributed by atoms with van der Waals surface area (Å²) in [6.07, 6.45) is 3.10. The van der Waals surface area contributed by atoms with Crippen LogP contribution in [0.5, 0.6) is 0 Å². The van der Waals surface area contributed by atoms with Crippen molar-refractivity contribution in [1.29, 1.82) is 0 Å². The van der Waals surface area contributed by atoms with Crippen LogP contribution in [0.2, 0.25) is 0 Å². The van der Waals surface area contributed by atoms with Gasteiger partial charge in [-0.15, -0.1) is 0 Å². The molecule has 0 saturated heterocycles. The number of carbonyl (C=O) groups excluding carboxylic acids is 1. The number of amides is 1. The van der Waals surface area contributed by atoms with Crippen LogP contribution < -0.4 is 16.1 Å². The van der Waals surface area contributed by atoms with E-state index in [1.54, 1.807) is 13.0 Å². The second kappa shape index (κ2) is 6.45. The normalized spacial score (nSPS) is 14.8. The molecule has 1 aromatic carbocycles. The minimum absolute atomic E-state index is 0.0569. The van der Waals surface area contributed by atoms with E-state index in [9.17, 15) is 18.0 Å². The van der Waals surface area contributed by atoms with Crippen LogP contribution in [0.15, 0.2) is 44.4 Å². The lowest BCUT2D eigenvalue weighted by Crippen LogP contribution is -2.24. The second-order valence-electron chi connectivity index (χ2n) is 6.15. The number of aryl methyl sites for hydroxylation is 1. The molecule has 0 aliphatic heterocycles. The molecule has 1 aromatic heterocycles. The number of anilines is 1. The Kier molecular flexibility index (Phi) is 4.49. The number of carbonyl (C=O) groups is 1. The molecule has 0 unspecified atom stereocenters. The number of nitrogens with two attached hydrogens (primary N) is 1. The monoisotopic (exact) mass is 362 g/mol. The van der Waals surface area contributed by atoms with Gasteiger partial charge >= 0.3 is 5.63 Å². The molecule has 1 fully saturated rings. The summed E-state index contributed by atoms with van der Waals surface area (Å²) in [4.78, 5) is 24.5. The third-order valence-corrected chi connectivity index (χ3v) is 5.27. The highest BCUT2D eigenvalue weighted by molar-refractivity contribution is 7.89. The summed E-state index contributed by atoms with van der Waals surface area (Å²) >= 11 is 0. The molecule has 0 spiro atoms. The number of rotatable bonds is 4. The van der Waals surface area contributed by atoms with E-state index in [0.717, 1.165) is 19.3 Å². The molecular weight excluding hydrogens is 344 g/mol. The van der Waals surface area contributed by atoms with Gasteiger partial charge in [-0.3, -0.25) is 4.79 Å². The Balaban J connectivity index is 1.82. The third kappa shape index (κ3) is 3.64. The molecule has 0 radical (unpaired) electrons.